The Bertz CT molecular complexity index is 1010. The van der Waals surface area contributed by atoms with Crippen molar-refractivity contribution in [3.05, 3.63) is 57.5 Å². The number of benzene rings is 2. The van der Waals surface area contributed by atoms with Crippen molar-refractivity contribution in [3.63, 3.8) is 0 Å². The molecular formula is C18H14N2O5S. The summed E-state index contributed by atoms with van der Waals surface area (Å²) in [6, 6.07) is 11.5. The number of nitro groups is 1. The van der Waals surface area contributed by atoms with E-state index in [4.69, 9.17) is 9.47 Å². The molecule has 4 rings (SSSR count). The van der Waals surface area contributed by atoms with Gasteiger partial charge in [0.25, 0.3) is 11.6 Å². The Kier molecular flexibility index (Phi) is 4.18. The number of fused-ring (bicyclic) bond motifs is 2. The zero-order valence-corrected chi connectivity index (χ0v) is 14.4. The number of hydrogen-bond donors (Lipinski definition) is 1. The van der Waals surface area contributed by atoms with Crippen LogP contribution in [-0.4, -0.2) is 24.0 Å². The number of anilines is 1. The van der Waals surface area contributed by atoms with Gasteiger partial charge in [0.2, 0.25) is 0 Å². The van der Waals surface area contributed by atoms with Crippen LogP contribution in [0.25, 0.3) is 10.1 Å². The van der Waals surface area contributed by atoms with Gasteiger partial charge in [-0.25, -0.2) is 0 Å². The first-order valence-electron chi connectivity index (χ1n) is 7.99. The molecule has 1 aliphatic rings. The fourth-order valence-electron chi connectivity index (χ4n) is 2.69. The second-order valence-electron chi connectivity index (χ2n) is 5.76. The maximum absolute atomic E-state index is 12.5. The SMILES string of the molecule is O=C(Nc1ccc2c(c1)OCCCO2)c1cc2cc([N+](=O)[O-])ccc2s1. The molecule has 0 aliphatic carbocycles. The largest absolute Gasteiger partial charge is 0.490 e. The molecule has 7 nitrogen and oxygen atoms in total. The zero-order chi connectivity index (χ0) is 18.1. The molecule has 1 aliphatic heterocycles. The van der Waals surface area contributed by atoms with Crippen molar-refractivity contribution in [3.8, 4) is 11.5 Å². The summed E-state index contributed by atoms with van der Waals surface area (Å²) in [4.78, 5) is 23.4. The lowest BCUT2D eigenvalue weighted by Crippen LogP contribution is -2.10. The lowest BCUT2D eigenvalue weighted by Gasteiger charge is -2.09. The minimum absolute atomic E-state index is 0.00478. The molecule has 0 unspecified atom stereocenters. The number of nitrogens with one attached hydrogen (secondary N) is 1. The topological polar surface area (TPSA) is 90.7 Å². The van der Waals surface area contributed by atoms with Crippen LogP contribution in [0, 0.1) is 10.1 Å². The van der Waals surface area contributed by atoms with Crippen LogP contribution in [0.3, 0.4) is 0 Å². The second-order valence-corrected chi connectivity index (χ2v) is 6.84. The predicted octanol–water partition coefficient (Wildman–Crippen LogP) is 4.22. The monoisotopic (exact) mass is 370 g/mol. The molecule has 0 fully saturated rings. The number of amides is 1. The van der Waals surface area contributed by atoms with E-state index < -0.39 is 4.92 Å². The summed E-state index contributed by atoms with van der Waals surface area (Å²) in [5, 5.41) is 14.4. The smallest absolute Gasteiger partial charge is 0.270 e. The molecule has 0 atom stereocenters. The van der Waals surface area contributed by atoms with Crippen molar-refractivity contribution in [1.82, 2.24) is 0 Å². The van der Waals surface area contributed by atoms with Gasteiger partial charge in [0.05, 0.1) is 23.0 Å². The molecule has 1 aromatic heterocycles. The standard InChI is InChI=1S/C18H14N2O5S/c21-18(17-9-11-8-13(20(22)23)3-5-16(11)26-17)19-12-2-4-14-15(10-12)25-7-1-6-24-14/h2-5,8-10H,1,6-7H2,(H,19,21). The Labute approximate surface area is 152 Å². The molecule has 3 aromatic rings. The highest BCUT2D eigenvalue weighted by Crippen LogP contribution is 2.33. The quantitative estimate of drug-likeness (QED) is 0.550. The van der Waals surface area contributed by atoms with E-state index >= 15 is 0 Å². The van der Waals surface area contributed by atoms with Gasteiger partial charge in [0.15, 0.2) is 11.5 Å². The number of hydrogen-bond acceptors (Lipinski definition) is 6. The van der Waals surface area contributed by atoms with Gasteiger partial charge in [-0.15, -0.1) is 11.3 Å². The first kappa shape index (κ1) is 16.3. The molecule has 0 saturated carbocycles. The van der Waals surface area contributed by atoms with Crippen molar-refractivity contribution in [2.75, 3.05) is 18.5 Å². The summed E-state index contributed by atoms with van der Waals surface area (Å²) >= 11 is 1.29. The lowest BCUT2D eigenvalue weighted by molar-refractivity contribution is -0.384. The third-order valence-corrected chi connectivity index (χ3v) is 5.05. The van der Waals surface area contributed by atoms with Gasteiger partial charge in [-0.05, 0) is 24.3 Å². The molecule has 1 amide bonds. The normalized spacial score (nSPS) is 13.2. The van der Waals surface area contributed by atoms with E-state index in [0.29, 0.717) is 40.7 Å². The summed E-state index contributed by atoms with van der Waals surface area (Å²) in [5.74, 6) is 0.991. The van der Waals surface area contributed by atoms with E-state index in [1.54, 1.807) is 30.3 Å². The number of carbonyl (C=O) groups is 1. The predicted molar refractivity (Wildman–Crippen MR) is 98.5 cm³/mol. The van der Waals surface area contributed by atoms with E-state index in [0.717, 1.165) is 11.1 Å². The number of nitrogens with zero attached hydrogens (tertiary/aromatic N) is 1. The van der Waals surface area contributed by atoms with E-state index in [1.807, 2.05) is 0 Å². The lowest BCUT2D eigenvalue weighted by atomic mass is 10.2. The van der Waals surface area contributed by atoms with Crippen LogP contribution in [0.5, 0.6) is 11.5 Å². The van der Waals surface area contributed by atoms with E-state index in [-0.39, 0.29) is 11.6 Å². The van der Waals surface area contributed by atoms with Crippen LogP contribution in [0.1, 0.15) is 16.1 Å². The second kappa shape index (κ2) is 6.64. The average Bonchev–Trinajstić information content (AvgIpc) is 2.92. The summed E-state index contributed by atoms with van der Waals surface area (Å²) in [7, 11) is 0. The van der Waals surface area contributed by atoms with Crippen LogP contribution in [0.2, 0.25) is 0 Å². The minimum Gasteiger partial charge on any atom is -0.490 e. The van der Waals surface area contributed by atoms with Crippen molar-refractivity contribution >= 4 is 38.7 Å². The number of rotatable bonds is 3. The highest BCUT2D eigenvalue weighted by atomic mass is 32.1. The Hall–Kier alpha value is -3.13. The molecule has 26 heavy (non-hydrogen) atoms. The highest BCUT2D eigenvalue weighted by molar-refractivity contribution is 7.20. The number of nitro benzene ring substituents is 1. The van der Waals surface area contributed by atoms with Crippen molar-refractivity contribution in [1.29, 1.82) is 0 Å². The third-order valence-electron chi connectivity index (χ3n) is 3.94. The van der Waals surface area contributed by atoms with Crippen LogP contribution in [0.15, 0.2) is 42.5 Å². The van der Waals surface area contributed by atoms with E-state index in [2.05, 4.69) is 5.32 Å². The maximum Gasteiger partial charge on any atom is 0.270 e. The highest BCUT2D eigenvalue weighted by Gasteiger charge is 2.15. The molecule has 1 N–H and O–H groups in total. The molecule has 0 bridgehead atoms. The Morgan fingerprint density at radius 2 is 1.88 bits per heavy atom. The third kappa shape index (κ3) is 3.18. The van der Waals surface area contributed by atoms with Crippen molar-refractivity contribution in [2.45, 2.75) is 6.42 Å². The number of thiophene rings is 1. The van der Waals surface area contributed by atoms with Crippen molar-refractivity contribution < 1.29 is 19.2 Å². The molecule has 0 spiro atoms. The molecular weight excluding hydrogens is 356 g/mol. The summed E-state index contributed by atoms with van der Waals surface area (Å²) in [6.07, 6.45) is 0.810. The van der Waals surface area contributed by atoms with Gasteiger partial charge in [-0.3, -0.25) is 14.9 Å². The van der Waals surface area contributed by atoms with Crippen LogP contribution >= 0.6 is 11.3 Å². The summed E-state index contributed by atoms with van der Waals surface area (Å²) in [6.45, 7) is 1.17. The van der Waals surface area contributed by atoms with Gasteiger partial charge in [0, 0.05) is 40.4 Å². The molecule has 2 aromatic carbocycles. The number of carbonyl (C=O) groups excluding carboxylic acids is 1. The number of ether oxygens (including phenoxy) is 2. The first-order valence-corrected chi connectivity index (χ1v) is 8.81. The van der Waals surface area contributed by atoms with E-state index in [9.17, 15) is 14.9 Å². The maximum atomic E-state index is 12.5. The molecule has 8 heteroatoms. The summed E-state index contributed by atoms with van der Waals surface area (Å²) in [5.41, 5.74) is 0.604. The summed E-state index contributed by atoms with van der Waals surface area (Å²) < 4.78 is 12.0. The van der Waals surface area contributed by atoms with Gasteiger partial charge in [-0.1, -0.05) is 0 Å². The molecule has 2 heterocycles. The van der Waals surface area contributed by atoms with Gasteiger partial charge in [0.1, 0.15) is 0 Å². The Morgan fingerprint density at radius 1 is 1.08 bits per heavy atom. The fourth-order valence-corrected chi connectivity index (χ4v) is 3.63. The molecule has 0 saturated heterocycles. The number of non-ortho nitro benzene ring substituents is 1. The minimum atomic E-state index is -0.450. The fraction of sp³-hybridized carbons (Fsp3) is 0.167. The molecule has 132 valence electrons. The molecule has 0 radical (unpaired) electrons. The average molecular weight is 370 g/mol. The van der Waals surface area contributed by atoms with Gasteiger partial charge < -0.3 is 14.8 Å². The zero-order valence-electron chi connectivity index (χ0n) is 13.6. The van der Waals surface area contributed by atoms with Crippen LogP contribution < -0.4 is 14.8 Å². The Morgan fingerprint density at radius 3 is 2.69 bits per heavy atom. The first-order chi connectivity index (χ1) is 12.6. The van der Waals surface area contributed by atoms with Gasteiger partial charge in [-0.2, -0.15) is 0 Å². The van der Waals surface area contributed by atoms with Crippen LogP contribution in [0.4, 0.5) is 11.4 Å². The Balaban J connectivity index is 1.57. The van der Waals surface area contributed by atoms with Gasteiger partial charge >= 0.3 is 0 Å². The van der Waals surface area contributed by atoms with E-state index in [1.165, 1.54) is 23.5 Å². The van der Waals surface area contributed by atoms with Crippen LogP contribution in [-0.2, 0) is 0 Å². The van der Waals surface area contributed by atoms with Crippen molar-refractivity contribution in [2.24, 2.45) is 0 Å².